The average molecular weight is 282 g/mol. The zero-order chi connectivity index (χ0) is 15.2. The van der Waals surface area contributed by atoms with Gasteiger partial charge in [-0.3, -0.25) is 0 Å². The third-order valence-corrected chi connectivity index (χ3v) is 3.61. The highest BCUT2D eigenvalue weighted by atomic mass is 16.7. The predicted octanol–water partition coefficient (Wildman–Crippen LogP) is 1.49. The van der Waals surface area contributed by atoms with Crippen molar-refractivity contribution in [3.63, 3.8) is 0 Å². The Kier molecular flexibility index (Phi) is 3.14. The first-order valence-electron chi connectivity index (χ1n) is 6.72. The van der Waals surface area contributed by atoms with Gasteiger partial charge in [-0.05, 0) is 19.3 Å². The van der Waals surface area contributed by atoms with Crippen molar-refractivity contribution >= 4 is 25.2 Å². The zero-order valence-electron chi connectivity index (χ0n) is 12.2. The van der Waals surface area contributed by atoms with Crippen molar-refractivity contribution in [1.29, 1.82) is 0 Å². The predicted molar refractivity (Wildman–Crippen MR) is 83.1 cm³/mol. The van der Waals surface area contributed by atoms with Crippen molar-refractivity contribution in [3.8, 4) is 0 Å². The number of benzene rings is 1. The van der Waals surface area contributed by atoms with Gasteiger partial charge in [-0.25, -0.2) is 0 Å². The molecule has 1 aromatic rings. The second kappa shape index (κ2) is 4.74. The van der Waals surface area contributed by atoms with E-state index in [0.717, 1.165) is 10.9 Å². The van der Waals surface area contributed by atoms with Gasteiger partial charge in [-0.1, -0.05) is 44.0 Å². The standard InChI is InChI=1S/C15H16B2O4/c1-10-11(2)19-16(18-10)13-6-8-14(9-7-13)17-20-12(3)15(4,5)21-17/h6-9H,1-3H2,4-5H3. The van der Waals surface area contributed by atoms with E-state index in [0.29, 0.717) is 17.3 Å². The minimum Gasteiger partial charge on any atom is -0.534 e. The largest absolute Gasteiger partial charge is 0.632 e. The first-order chi connectivity index (χ1) is 9.87. The third kappa shape index (κ3) is 2.47. The topological polar surface area (TPSA) is 36.9 Å². The van der Waals surface area contributed by atoms with Crippen LogP contribution in [0.15, 0.2) is 61.3 Å². The van der Waals surface area contributed by atoms with Crippen molar-refractivity contribution in [2.24, 2.45) is 0 Å². The molecule has 1 aromatic carbocycles. The molecular weight excluding hydrogens is 266 g/mol. The molecule has 2 heterocycles. The maximum absolute atomic E-state index is 5.83. The van der Waals surface area contributed by atoms with Crippen LogP contribution in [0.5, 0.6) is 0 Å². The fraction of sp³-hybridized carbons (Fsp3) is 0.200. The Balaban J connectivity index is 1.75. The summed E-state index contributed by atoms with van der Waals surface area (Å²) < 4.78 is 22.5. The molecule has 2 saturated heterocycles. The van der Waals surface area contributed by atoms with Gasteiger partial charge >= 0.3 is 14.2 Å². The van der Waals surface area contributed by atoms with Gasteiger partial charge in [0.15, 0.2) is 0 Å². The van der Waals surface area contributed by atoms with Crippen LogP contribution in [0.2, 0.25) is 0 Å². The highest BCUT2D eigenvalue weighted by Gasteiger charge is 2.43. The van der Waals surface area contributed by atoms with Crippen molar-refractivity contribution in [2.45, 2.75) is 19.4 Å². The van der Waals surface area contributed by atoms with E-state index in [9.17, 15) is 0 Å². The maximum atomic E-state index is 5.83. The average Bonchev–Trinajstić information content (AvgIpc) is 2.91. The van der Waals surface area contributed by atoms with E-state index in [4.69, 9.17) is 18.6 Å². The summed E-state index contributed by atoms with van der Waals surface area (Å²) in [7, 11) is -0.923. The van der Waals surface area contributed by atoms with Gasteiger partial charge in [-0.15, -0.1) is 0 Å². The Labute approximate surface area is 125 Å². The van der Waals surface area contributed by atoms with E-state index in [1.807, 2.05) is 38.1 Å². The molecule has 3 rings (SSSR count). The Morgan fingerprint density at radius 3 is 1.71 bits per heavy atom. The Morgan fingerprint density at radius 2 is 1.29 bits per heavy atom. The summed E-state index contributed by atoms with van der Waals surface area (Å²) >= 11 is 0. The van der Waals surface area contributed by atoms with Crippen LogP contribution < -0.4 is 10.9 Å². The quantitative estimate of drug-likeness (QED) is 0.770. The van der Waals surface area contributed by atoms with E-state index in [-0.39, 0.29) is 0 Å². The van der Waals surface area contributed by atoms with Crippen LogP contribution in [-0.2, 0) is 18.6 Å². The SMILES string of the molecule is C=C1OB(c2ccc(B3OC(=C)C(C)(C)O3)cc2)OC1=C. The molecule has 0 saturated carbocycles. The van der Waals surface area contributed by atoms with Crippen LogP contribution in [0, 0.1) is 0 Å². The van der Waals surface area contributed by atoms with Crippen LogP contribution in [-0.4, -0.2) is 19.8 Å². The van der Waals surface area contributed by atoms with Gasteiger partial charge in [0.2, 0.25) is 0 Å². The van der Waals surface area contributed by atoms with Crippen molar-refractivity contribution in [1.82, 2.24) is 0 Å². The lowest BCUT2D eigenvalue weighted by atomic mass is 9.74. The van der Waals surface area contributed by atoms with Crippen LogP contribution in [0.1, 0.15) is 13.8 Å². The normalized spacial score (nSPS) is 20.4. The van der Waals surface area contributed by atoms with Crippen LogP contribution in [0.4, 0.5) is 0 Å². The number of hydrogen-bond donors (Lipinski definition) is 0. The molecule has 0 bridgehead atoms. The van der Waals surface area contributed by atoms with Crippen molar-refractivity contribution in [3.05, 3.63) is 61.3 Å². The highest BCUT2D eigenvalue weighted by molar-refractivity contribution is 6.64. The zero-order valence-corrected chi connectivity index (χ0v) is 12.2. The van der Waals surface area contributed by atoms with Gasteiger partial charge in [0.05, 0.1) is 5.76 Å². The second-order valence-corrected chi connectivity index (χ2v) is 5.58. The molecule has 0 aliphatic carbocycles. The fourth-order valence-electron chi connectivity index (χ4n) is 2.12. The van der Waals surface area contributed by atoms with Gasteiger partial charge in [0.25, 0.3) is 0 Å². The Morgan fingerprint density at radius 1 is 0.810 bits per heavy atom. The van der Waals surface area contributed by atoms with E-state index < -0.39 is 19.8 Å². The van der Waals surface area contributed by atoms with E-state index >= 15 is 0 Å². The summed E-state index contributed by atoms with van der Waals surface area (Å²) in [4.78, 5) is 0. The number of hydrogen-bond acceptors (Lipinski definition) is 4. The molecule has 0 N–H and O–H groups in total. The molecule has 2 fully saturated rings. The summed E-state index contributed by atoms with van der Waals surface area (Å²) in [6, 6.07) is 7.66. The molecule has 4 nitrogen and oxygen atoms in total. The van der Waals surface area contributed by atoms with Crippen molar-refractivity contribution in [2.75, 3.05) is 0 Å². The van der Waals surface area contributed by atoms with E-state index in [1.165, 1.54) is 0 Å². The lowest BCUT2D eigenvalue weighted by Gasteiger charge is -2.15. The first-order valence-corrected chi connectivity index (χ1v) is 6.72. The smallest absolute Gasteiger partial charge is 0.534 e. The van der Waals surface area contributed by atoms with E-state index in [2.05, 4.69) is 19.7 Å². The molecule has 0 aromatic heterocycles. The fourth-order valence-corrected chi connectivity index (χ4v) is 2.12. The van der Waals surface area contributed by atoms with Gasteiger partial charge in [0, 0.05) is 5.46 Å². The minimum atomic E-state index is -0.490. The highest BCUT2D eigenvalue weighted by Crippen LogP contribution is 2.29. The third-order valence-electron chi connectivity index (χ3n) is 3.61. The molecule has 21 heavy (non-hydrogen) atoms. The molecule has 0 radical (unpaired) electrons. The molecule has 0 unspecified atom stereocenters. The lowest BCUT2D eigenvalue weighted by molar-refractivity contribution is 0.173. The van der Waals surface area contributed by atoms with Gasteiger partial charge in [0.1, 0.15) is 17.1 Å². The molecule has 2 aliphatic rings. The maximum Gasteiger partial charge on any atom is 0.632 e. The summed E-state index contributed by atoms with van der Waals surface area (Å²) in [6.45, 7) is 15.2. The molecular formula is C15H16B2O4. The van der Waals surface area contributed by atoms with Crippen LogP contribution >= 0.6 is 0 Å². The van der Waals surface area contributed by atoms with Crippen molar-refractivity contribution < 1.29 is 18.6 Å². The monoisotopic (exact) mass is 282 g/mol. The number of rotatable bonds is 2. The van der Waals surface area contributed by atoms with Crippen LogP contribution in [0.25, 0.3) is 0 Å². The van der Waals surface area contributed by atoms with Gasteiger partial charge < -0.3 is 18.6 Å². The summed E-state index contributed by atoms with van der Waals surface area (Å²) in [5.41, 5.74) is 1.33. The Bertz CT molecular complexity index is 605. The molecule has 106 valence electrons. The summed E-state index contributed by atoms with van der Waals surface area (Å²) in [6.07, 6.45) is 0. The second-order valence-electron chi connectivity index (χ2n) is 5.58. The molecule has 0 spiro atoms. The van der Waals surface area contributed by atoms with Gasteiger partial charge in [-0.2, -0.15) is 0 Å². The van der Waals surface area contributed by atoms with Crippen LogP contribution in [0.3, 0.4) is 0 Å². The minimum absolute atomic E-state index is 0.433. The summed E-state index contributed by atoms with van der Waals surface area (Å²) in [5.74, 6) is 1.56. The molecule has 6 heteroatoms. The molecule has 2 aliphatic heterocycles. The molecule has 0 atom stereocenters. The molecule has 0 amide bonds. The lowest BCUT2D eigenvalue weighted by Crippen LogP contribution is -2.37. The Hall–Kier alpha value is -2.07. The van der Waals surface area contributed by atoms with E-state index in [1.54, 1.807) is 0 Å². The first kappa shape index (κ1) is 13.9. The summed E-state index contributed by atoms with van der Waals surface area (Å²) in [5, 5.41) is 0.